The van der Waals surface area contributed by atoms with Crippen molar-refractivity contribution < 1.29 is 9.47 Å². The second-order valence-corrected chi connectivity index (χ2v) is 6.53. The van der Waals surface area contributed by atoms with Crippen LogP contribution in [0.25, 0.3) is 0 Å². The van der Waals surface area contributed by atoms with E-state index in [-0.39, 0.29) is 0 Å². The average Bonchev–Trinajstić information content (AvgIpc) is 2.90. The van der Waals surface area contributed by atoms with E-state index in [1.54, 1.807) is 0 Å². The Hall–Kier alpha value is -1.22. The van der Waals surface area contributed by atoms with Crippen molar-refractivity contribution in [3.63, 3.8) is 0 Å². The fourth-order valence-electron chi connectivity index (χ4n) is 2.16. The van der Waals surface area contributed by atoms with E-state index in [9.17, 15) is 0 Å². The molecular weight excluding hydrogens is 250 g/mol. The van der Waals surface area contributed by atoms with E-state index in [0.29, 0.717) is 18.2 Å². The highest BCUT2D eigenvalue weighted by Crippen LogP contribution is 2.32. The lowest BCUT2D eigenvalue weighted by molar-refractivity contribution is 0.174. The minimum absolute atomic E-state index is 0.350. The van der Waals surface area contributed by atoms with Crippen molar-refractivity contribution in [3.8, 4) is 11.5 Å². The smallest absolute Gasteiger partial charge is 0.231 e. The first-order valence-corrected chi connectivity index (χ1v) is 7.62. The van der Waals surface area contributed by atoms with E-state index in [2.05, 4.69) is 45.1 Å². The van der Waals surface area contributed by atoms with Crippen LogP contribution in [0.1, 0.15) is 46.1 Å². The van der Waals surface area contributed by atoms with Crippen LogP contribution in [-0.4, -0.2) is 19.4 Å². The Bertz CT molecular complexity index is 443. The van der Waals surface area contributed by atoms with Gasteiger partial charge in [0, 0.05) is 12.6 Å². The Labute approximate surface area is 122 Å². The SMILES string of the molecule is CCC(C)(C)CNC(C)CCc1ccc2c(c1)OCO2. The van der Waals surface area contributed by atoms with Crippen LogP contribution in [0.15, 0.2) is 18.2 Å². The van der Waals surface area contributed by atoms with Crippen LogP contribution in [0.3, 0.4) is 0 Å². The molecule has 112 valence electrons. The van der Waals surface area contributed by atoms with Crippen molar-refractivity contribution in [1.29, 1.82) is 0 Å². The standard InChI is InChI=1S/C17H27NO2/c1-5-17(3,4)11-18-13(2)6-7-14-8-9-15-16(10-14)20-12-19-15/h8-10,13,18H,5-7,11-12H2,1-4H3. The van der Waals surface area contributed by atoms with Gasteiger partial charge in [-0.05, 0) is 49.3 Å². The largest absolute Gasteiger partial charge is 0.454 e. The predicted molar refractivity (Wildman–Crippen MR) is 82.4 cm³/mol. The molecule has 0 saturated carbocycles. The molecular formula is C17H27NO2. The van der Waals surface area contributed by atoms with E-state index in [4.69, 9.17) is 9.47 Å². The maximum Gasteiger partial charge on any atom is 0.231 e. The van der Waals surface area contributed by atoms with Crippen molar-refractivity contribution in [2.75, 3.05) is 13.3 Å². The van der Waals surface area contributed by atoms with E-state index < -0.39 is 0 Å². The zero-order valence-corrected chi connectivity index (χ0v) is 13.2. The number of nitrogens with one attached hydrogen (secondary N) is 1. The molecule has 3 nitrogen and oxygen atoms in total. The van der Waals surface area contributed by atoms with Crippen LogP contribution < -0.4 is 14.8 Å². The van der Waals surface area contributed by atoms with Gasteiger partial charge in [0.15, 0.2) is 11.5 Å². The lowest BCUT2D eigenvalue weighted by atomic mass is 9.90. The molecule has 0 aliphatic carbocycles. The van der Waals surface area contributed by atoms with Crippen molar-refractivity contribution in [1.82, 2.24) is 5.32 Å². The van der Waals surface area contributed by atoms with Gasteiger partial charge in [-0.3, -0.25) is 0 Å². The monoisotopic (exact) mass is 277 g/mol. The molecule has 1 aromatic carbocycles. The van der Waals surface area contributed by atoms with Gasteiger partial charge >= 0.3 is 0 Å². The molecule has 1 N–H and O–H groups in total. The van der Waals surface area contributed by atoms with Gasteiger partial charge in [0.05, 0.1) is 0 Å². The van der Waals surface area contributed by atoms with Gasteiger partial charge in [-0.2, -0.15) is 0 Å². The van der Waals surface area contributed by atoms with Crippen molar-refractivity contribution in [2.24, 2.45) is 5.41 Å². The normalized spacial score (nSPS) is 15.4. The van der Waals surface area contributed by atoms with Crippen molar-refractivity contribution in [3.05, 3.63) is 23.8 Å². The molecule has 0 spiro atoms. The highest BCUT2D eigenvalue weighted by atomic mass is 16.7. The van der Waals surface area contributed by atoms with E-state index in [1.807, 2.05) is 6.07 Å². The third kappa shape index (κ3) is 4.14. The molecule has 0 saturated heterocycles. The number of benzene rings is 1. The lowest BCUT2D eigenvalue weighted by Gasteiger charge is -2.25. The highest BCUT2D eigenvalue weighted by Gasteiger charge is 2.16. The molecule has 0 amide bonds. The number of fused-ring (bicyclic) bond motifs is 1. The molecule has 3 heteroatoms. The topological polar surface area (TPSA) is 30.5 Å². The Morgan fingerprint density at radius 1 is 1.25 bits per heavy atom. The van der Waals surface area contributed by atoms with E-state index >= 15 is 0 Å². The van der Waals surface area contributed by atoms with Gasteiger partial charge in [0.25, 0.3) is 0 Å². The minimum Gasteiger partial charge on any atom is -0.454 e. The van der Waals surface area contributed by atoms with Gasteiger partial charge < -0.3 is 14.8 Å². The molecule has 1 aromatic rings. The molecule has 0 bridgehead atoms. The molecule has 1 aliphatic rings. The first-order valence-electron chi connectivity index (χ1n) is 7.62. The summed E-state index contributed by atoms with van der Waals surface area (Å²) in [6.07, 6.45) is 3.41. The summed E-state index contributed by atoms with van der Waals surface area (Å²) in [5, 5.41) is 3.64. The Balaban J connectivity index is 1.77. The Morgan fingerprint density at radius 3 is 2.75 bits per heavy atom. The zero-order valence-electron chi connectivity index (χ0n) is 13.2. The second-order valence-electron chi connectivity index (χ2n) is 6.53. The summed E-state index contributed by atoms with van der Waals surface area (Å²) in [6, 6.07) is 6.78. The van der Waals surface area contributed by atoms with Gasteiger partial charge in [0.2, 0.25) is 6.79 Å². The summed E-state index contributed by atoms with van der Waals surface area (Å²) in [5.41, 5.74) is 1.70. The molecule has 20 heavy (non-hydrogen) atoms. The third-order valence-corrected chi connectivity index (χ3v) is 4.19. The number of aryl methyl sites for hydroxylation is 1. The maximum absolute atomic E-state index is 5.41. The Kier molecular flexibility index (Phi) is 4.92. The Morgan fingerprint density at radius 2 is 2.00 bits per heavy atom. The van der Waals surface area contributed by atoms with Crippen LogP contribution in [0.5, 0.6) is 11.5 Å². The predicted octanol–water partition coefficient (Wildman–Crippen LogP) is 3.76. The number of rotatable bonds is 7. The molecule has 1 unspecified atom stereocenters. The summed E-state index contributed by atoms with van der Waals surface area (Å²) in [7, 11) is 0. The maximum atomic E-state index is 5.41. The van der Waals surface area contributed by atoms with Crippen LogP contribution in [0.4, 0.5) is 0 Å². The van der Waals surface area contributed by atoms with Crippen LogP contribution in [0, 0.1) is 5.41 Å². The first kappa shape index (κ1) is 15.2. The van der Waals surface area contributed by atoms with Crippen LogP contribution in [0.2, 0.25) is 0 Å². The summed E-state index contributed by atoms with van der Waals surface area (Å²) in [5.74, 6) is 1.75. The first-order chi connectivity index (χ1) is 9.50. The summed E-state index contributed by atoms with van der Waals surface area (Å²) in [4.78, 5) is 0. The summed E-state index contributed by atoms with van der Waals surface area (Å²) in [6.45, 7) is 10.6. The van der Waals surface area contributed by atoms with Gasteiger partial charge in [0.1, 0.15) is 0 Å². The van der Waals surface area contributed by atoms with E-state index in [1.165, 1.54) is 12.0 Å². The summed E-state index contributed by atoms with van der Waals surface area (Å²) >= 11 is 0. The van der Waals surface area contributed by atoms with Crippen LogP contribution >= 0.6 is 0 Å². The fourth-order valence-corrected chi connectivity index (χ4v) is 2.16. The molecule has 2 rings (SSSR count). The second kappa shape index (κ2) is 6.49. The van der Waals surface area contributed by atoms with E-state index in [0.717, 1.165) is 30.9 Å². The third-order valence-electron chi connectivity index (χ3n) is 4.19. The average molecular weight is 277 g/mol. The molecule has 0 aromatic heterocycles. The van der Waals surface area contributed by atoms with Crippen LogP contribution in [-0.2, 0) is 6.42 Å². The number of ether oxygens (including phenoxy) is 2. The van der Waals surface area contributed by atoms with Gasteiger partial charge in [-0.15, -0.1) is 0 Å². The fraction of sp³-hybridized carbons (Fsp3) is 0.647. The van der Waals surface area contributed by atoms with Gasteiger partial charge in [-0.25, -0.2) is 0 Å². The van der Waals surface area contributed by atoms with Gasteiger partial charge in [-0.1, -0.05) is 26.8 Å². The molecule has 1 aliphatic heterocycles. The lowest BCUT2D eigenvalue weighted by Crippen LogP contribution is -2.35. The molecule has 0 fully saturated rings. The number of hydrogen-bond acceptors (Lipinski definition) is 3. The highest BCUT2D eigenvalue weighted by molar-refractivity contribution is 5.44. The number of hydrogen-bond donors (Lipinski definition) is 1. The molecule has 1 heterocycles. The zero-order chi connectivity index (χ0) is 14.6. The summed E-state index contributed by atoms with van der Waals surface area (Å²) < 4.78 is 10.7. The van der Waals surface area contributed by atoms with Crippen molar-refractivity contribution in [2.45, 2.75) is 53.0 Å². The minimum atomic E-state index is 0.350. The quantitative estimate of drug-likeness (QED) is 0.823. The molecule has 0 radical (unpaired) electrons. The molecule has 1 atom stereocenters. The van der Waals surface area contributed by atoms with Crippen molar-refractivity contribution >= 4 is 0 Å².